The topological polar surface area (TPSA) is 146 Å². The van der Waals surface area contributed by atoms with E-state index in [4.69, 9.17) is 4.74 Å². The number of ether oxygens (including phenoxy) is 1. The largest absolute Gasteiger partial charge is 0.494 e. The molecule has 1 aliphatic heterocycles. The van der Waals surface area contributed by atoms with E-state index in [0.29, 0.717) is 47.6 Å². The van der Waals surface area contributed by atoms with Crippen molar-refractivity contribution in [3.63, 3.8) is 0 Å². The fourth-order valence-electron chi connectivity index (χ4n) is 5.14. The third kappa shape index (κ3) is 4.17. The predicted octanol–water partition coefficient (Wildman–Crippen LogP) is 3.15. The number of carbonyl (C=O) groups is 3. The van der Waals surface area contributed by atoms with Crippen LogP contribution in [-0.2, 0) is 17.8 Å². The van der Waals surface area contributed by atoms with Gasteiger partial charge in [0.25, 0.3) is 17.6 Å². The SMILES string of the molecule is CNC(=O)c1cc(-c2ncc(OC)c3c(C(=O)C(=O)N4CCc5c(cccc5-c5ccccn5)C4)c[nH]c23)n[nH]1. The number of benzene rings is 1. The minimum Gasteiger partial charge on any atom is -0.494 e. The monoisotopic (exact) mass is 535 g/mol. The highest BCUT2D eigenvalue weighted by Crippen LogP contribution is 2.35. The Hall–Kier alpha value is -5.32. The fraction of sp³-hybridized carbons (Fsp3) is 0.172. The molecule has 0 aliphatic carbocycles. The summed E-state index contributed by atoms with van der Waals surface area (Å²) < 4.78 is 5.50. The summed E-state index contributed by atoms with van der Waals surface area (Å²) in [4.78, 5) is 52.6. The summed E-state index contributed by atoms with van der Waals surface area (Å²) in [7, 11) is 2.99. The molecule has 0 unspecified atom stereocenters. The minimum absolute atomic E-state index is 0.176. The molecule has 0 fully saturated rings. The van der Waals surface area contributed by atoms with Gasteiger partial charge in [0.15, 0.2) is 0 Å². The Kier molecular flexibility index (Phi) is 6.31. The summed E-state index contributed by atoms with van der Waals surface area (Å²) in [5.74, 6) is -1.25. The quantitative estimate of drug-likeness (QED) is 0.224. The molecule has 0 radical (unpaired) electrons. The number of aromatic amines is 2. The van der Waals surface area contributed by atoms with Crippen LogP contribution in [0.25, 0.3) is 33.5 Å². The zero-order valence-corrected chi connectivity index (χ0v) is 21.8. The maximum atomic E-state index is 13.6. The summed E-state index contributed by atoms with van der Waals surface area (Å²) in [6, 6.07) is 13.3. The van der Waals surface area contributed by atoms with Crippen molar-refractivity contribution in [1.29, 1.82) is 0 Å². The van der Waals surface area contributed by atoms with Crippen LogP contribution >= 0.6 is 0 Å². The molecule has 0 atom stereocenters. The number of nitrogens with one attached hydrogen (secondary N) is 3. The number of methoxy groups -OCH3 is 1. The molecular formula is C29H25N7O4. The smallest absolute Gasteiger partial charge is 0.295 e. The van der Waals surface area contributed by atoms with Gasteiger partial charge < -0.3 is 19.9 Å². The summed E-state index contributed by atoms with van der Waals surface area (Å²) in [6.45, 7) is 0.728. The van der Waals surface area contributed by atoms with Crippen LogP contribution in [0, 0.1) is 0 Å². The first-order chi connectivity index (χ1) is 19.5. The number of rotatable bonds is 6. The van der Waals surface area contributed by atoms with E-state index in [1.807, 2.05) is 36.4 Å². The lowest BCUT2D eigenvalue weighted by atomic mass is 9.92. The molecule has 11 heteroatoms. The van der Waals surface area contributed by atoms with E-state index in [-0.39, 0.29) is 17.2 Å². The molecule has 6 rings (SSSR count). The molecule has 40 heavy (non-hydrogen) atoms. The van der Waals surface area contributed by atoms with Gasteiger partial charge in [-0.15, -0.1) is 0 Å². The normalized spacial score (nSPS) is 12.7. The Morgan fingerprint density at radius 3 is 2.73 bits per heavy atom. The molecule has 200 valence electrons. The molecule has 3 N–H and O–H groups in total. The Morgan fingerprint density at radius 2 is 1.95 bits per heavy atom. The van der Waals surface area contributed by atoms with Crippen LogP contribution in [0.15, 0.2) is 61.1 Å². The first-order valence-corrected chi connectivity index (χ1v) is 12.7. The minimum atomic E-state index is -0.654. The van der Waals surface area contributed by atoms with E-state index in [1.54, 1.807) is 17.2 Å². The second-order valence-corrected chi connectivity index (χ2v) is 9.34. The number of pyridine rings is 2. The van der Waals surface area contributed by atoms with Crippen LogP contribution in [0.2, 0.25) is 0 Å². The maximum absolute atomic E-state index is 13.6. The van der Waals surface area contributed by atoms with Crippen molar-refractivity contribution in [2.75, 3.05) is 20.7 Å². The molecule has 5 aromatic rings. The highest BCUT2D eigenvalue weighted by molar-refractivity contribution is 6.45. The third-order valence-corrected chi connectivity index (χ3v) is 7.12. The van der Waals surface area contributed by atoms with Crippen LogP contribution < -0.4 is 10.1 Å². The van der Waals surface area contributed by atoms with Gasteiger partial charge in [-0.1, -0.05) is 24.3 Å². The number of hydrogen-bond acceptors (Lipinski definition) is 7. The number of Topliss-reactive ketones (excluding diaryl/α,β-unsaturated/α-hetero) is 1. The molecule has 1 aromatic carbocycles. The number of ketones is 1. The molecule has 5 heterocycles. The van der Waals surface area contributed by atoms with Crippen LogP contribution in [0.4, 0.5) is 0 Å². The van der Waals surface area contributed by atoms with Crippen LogP contribution in [0.3, 0.4) is 0 Å². The number of aromatic nitrogens is 5. The standard InChI is InChI=1S/C29H25N7O4/c1-30-28(38)22-12-21(34-35-22)25-26-24(23(40-2)14-33-25)19(13-32-26)27(37)29(39)36-11-9-17-16(15-36)6-5-7-18(17)20-8-3-4-10-31-20/h3-8,10,12-14,32H,9,11,15H2,1-2H3,(H,30,38)(H,34,35). The molecule has 2 amide bonds. The number of hydrogen-bond donors (Lipinski definition) is 3. The van der Waals surface area contributed by atoms with E-state index in [9.17, 15) is 14.4 Å². The number of amides is 2. The van der Waals surface area contributed by atoms with Gasteiger partial charge in [0, 0.05) is 38.1 Å². The molecule has 0 bridgehead atoms. The third-order valence-electron chi connectivity index (χ3n) is 7.12. The average molecular weight is 536 g/mol. The summed E-state index contributed by atoms with van der Waals surface area (Å²) in [6.07, 6.45) is 5.33. The van der Waals surface area contributed by atoms with Gasteiger partial charge in [0.1, 0.15) is 22.8 Å². The molecule has 0 spiro atoms. The van der Waals surface area contributed by atoms with Gasteiger partial charge in [0.2, 0.25) is 0 Å². The number of fused-ring (bicyclic) bond motifs is 2. The van der Waals surface area contributed by atoms with Crippen molar-refractivity contribution < 1.29 is 19.1 Å². The van der Waals surface area contributed by atoms with Crippen molar-refractivity contribution >= 4 is 28.5 Å². The molecule has 0 saturated carbocycles. The summed E-state index contributed by atoms with van der Waals surface area (Å²) in [5, 5.41) is 9.84. The number of carbonyl (C=O) groups excluding carboxylic acids is 3. The molecule has 1 aliphatic rings. The van der Waals surface area contributed by atoms with Crippen LogP contribution in [-0.4, -0.2) is 68.3 Å². The first-order valence-electron chi connectivity index (χ1n) is 12.7. The van der Waals surface area contributed by atoms with Gasteiger partial charge in [-0.25, -0.2) is 4.98 Å². The van der Waals surface area contributed by atoms with Crippen molar-refractivity contribution in [2.24, 2.45) is 0 Å². The van der Waals surface area contributed by atoms with Gasteiger partial charge >= 0.3 is 0 Å². The van der Waals surface area contributed by atoms with Gasteiger partial charge in [0.05, 0.1) is 35.5 Å². The van der Waals surface area contributed by atoms with Crippen LogP contribution in [0.1, 0.15) is 32.0 Å². The Morgan fingerprint density at radius 1 is 1.07 bits per heavy atom. The lowest BCUT2D eigenvalue weighted by Crippen LogP contribution is -2.40. The number of nitrogens with zero attached hydrogens (tertiary/aromatic N) is 4. The zero-order chi connectivity index (χ0) is 27.8. The lowest BCUT2D eigenvalue weighted by molar-refractivity contribution is -0.127. The Labute approximate surface area is 228 Å². The second-order valence-electron chi connectivity index (χ2n) is 9.34. The average Bonchev–Trinajstić information content (AvgIpc) is 3.68. The highest BCUT2D eigenvalue weighted by Gasteiger charge is 2.31. The molecular weight excluding hydrogens is 510 g/mol. The number of H-pyrrole nitrogens is 2. The van der Waals surface area contributed by atoms with Crippen molar-refractivity contribution in [2.45, 2.75) is 13.0 Å². The Bertz CT molecular complexity index is 1770. The zero-order valence-electron chi connectivity index (χ0n) is 21.8. The van der Waals surface area contributed by atoms with Gasteiger partial charge in [-0.2, -0.15) is 5.10 Å². The highest BCUT2D eigenvalue weighted by atomic mass is 16.5. The predicted molar refractivity (Wildman–Crippen MR) is 147 cm³/mol. The Balaban J connectivity index is 1.31. The summed E-state index contributed by atoms with van der Waals surface area (Å²) >= 11 is 0. The van der Waals surface area contributed by atoms with E-state index in [2.05, 4.69) is 30.5 Å². The van der Waals surface area contributed by atoms with Crippen LogP contribution in [0.5, 0.6) is 5.75 Å². The molecule has 4 aromatic heterocycles. The van der Waals surface area contributed by atoms with Crippen molar-refractivity contribution in [1.82, 2.24) is 35.4 Å². The van der Waals surface area contributed by atoms with E-state index < -0.39 is 11.7 Å². The van der Waals surface area contributed by atoms with Gasteiger partial charge in [-0.3, -0.25) is 24.5 Å². The first kappa shape index (κ1) is 25.0. The van der Waals surface area contributed by atoms with E-state index in [0.717, 1.165) is 22.4 Å². The van der Waals surface area contributed by atoms with E-state index in [1.165, 1.54) is 26.6 Å². The van der Waals surface area contributed by atoms with Crippen molar-refractivity contribution in [3.05, 3.63) is 83.4 Å². The van der Waals surface area contributed by atoms with Crippen molar-refractivity contribution in [3.8, 4) is 28.4 Å². The van der Waals surface area contributed by atoms with Gasteiger partial charge in [-0.05, 0) is 35.7 Å². The lowest BCUT2D eigenvalue weighted by Gasteiger charge is -2.29. The second kappa shape index (κ2) is 10.1. The van der Waals surface area contributed by atoms with E-state index >= 15 is 0 Å². The maximum Gasteiger partial charge on any atom is 0.295 e. The molecule has 11 nitrogen and oxygen atoms in total. The molecule has 0 saturated heterocycles. The fourth-order valence-corrected chi connectivity index (χ4v) is 5.14. The summed E-state index contributed by atoms with van der Waals surface area (Å²) in [5.41, 5.74) is 5.75.